The van der Waals surface area contributed by atoms with Crippen molar-refractivity contribution < 1.29 is 12.9 Å². The maximum Gasteiger partial charge on any atom is 0.248 e. The van der Waals surface area contributed by atoms with Crippen molar-refractivity contribution in [1.82, 2.24) is 19.4 Å². The lowest BCUT2D eigenvalue weighted by molar-refractivity contribution is 0.382. The van der Waals surface area contributed by atoms with Gasteiger partial charge in [0.05, 0.1) is 6.20 Å². The van der Waals surface area contributed by atoms with E-state index in [0.717, 1.165) is 17.8 Å². The van der Waals surface area contributed by atoms with Crippen LogP contribution in [0.2, 0.25) is 0 Å². The Morgan fingerprint density at radius 3 is 2.41 bits per heavy atom. The number of aromatic nitrogens is 3. The van der Waals surface area contributed by atoms with Gasteiger partial charge in [-0.2, -0.15) is 4.31 Å². The Kier molecular flexibility index (Phi) is 5.20. The molecule has 1 aliphatic heterocycles. The summed E-state index contributed by atoms with van der Waals surface area (Å²) in [6.07, 6.45) is 2.37. The van der Waals surface area contributed by atoms with Crippen LogP contribution in [0.1, 0.15) is 11.4 Å². The Labute approximate surface area is 169 Å². The molecular formula is C19H22N6O3S. The minimum Gasteiger partial charge on any atom is -0.363 e. The molecule has 4 rings (SSSR count). The highest BCUT2D eigenvalue weighted by Crippen LogP contribution is 2.23. The molecule has 10 heteroatoms. The van der Waals surface area contributed by atoms with Crippen molar-refractivity contribution in [2.45, 2.75) is 18.7 Å². The van der Waals surface area contributed by atoms with Gasteiger partial charge in [-0.25, -0.2) is 18.4 Å². The van der Waals surface area contributed by atoms with E-state index >= 15 is 0 Å². The normalized spacial score (nSPS) is 15.4. The van der Waals surface area contributed by atoms with E-state index in [1.54, 1.807) is 0 Å². The summed E-state index contributed by atoms with van der Waals surface area (Å²) in [5, 5.41) is 6.79. The van der Waals surface area contributed by atoms with E-state index in [1.165, 1.54) is 16.1 Å². The van der Waals surface area contributed by atoms with Gasteiger partial charge < -0.3 is 14.7 Å². The maximum atomic E-state index is 12.6. The summed E-state index contributed by atoms with van der Waals surface area (Å²) in [5.74, 6) is 2.13. The zero-order valence-corrected chi connectivity index (χ0v) is 17.1. The molecule has 1 aromatic carbocycles. The molecule has 0 unspecified atom stereocenters. The summed E-state index contributed by atoms with van der Waals surface area (Å²) < 4.78 is 31.3. The van der Waals surface area contributed by atoms with Crippen molar-refractivity contribution in [2.24, 2.45) is 0 Å². The fourth-order valence-electron chi connectivity index (χ4n) is 3.19. The number of nitrogens with zero attached hydrogens (tertiary/aromatic N) is 5. The lowest BCUT2D eigenvalue weighted by Gasteiger charge is -2.34. The van der Waals surface area contributed by atoms with E-state index in [2.05, 4.69) is 29.9 Å². The van der Waals surface area contributed by atoms with Gasteiger partial charge in [0.15, 0.2) is 0 Å². The van der Waals surface area contributed by atoms with Crippen molar-refractivity contribution in [3.8, 4) is 0 Å². The first-order valence-electron chi connectivity index (χ1n) is 9.26. The third-order valence-corrected chi connectivity index (χ3v) is 6.60. The van der Waals surface area contributed by atoms with Crippen LogP contribution in [-0.4, -0.2) is 54.0 Å². The Morgan fingerprint density at radius 2 is 1.76 bits per heavy atom. The van der Waals surface area contributed by atoms with Crippen LogP contribution in [-0.2, 0) is 10.0 Å². The fourth-order valence-corrected chi connectivity index (χ4v) is 4.47. The molecule has 0 saturated carbocycles. The lowest BCUT2D eigenvalue weighted by atomic mass is 10.2. The summed E-state index contributed by atoms with van der Waals surface area (Å²) in [5.41, 5.74) is 2.14. The Morgan fingerprint density at radius 1 is 1.03 bits per heavy atom. The Hall–Kier alpha value is -2.98. The summed E-state index contributed by atoms with van der Waals surface area (Å²) in [7, 11) is -3.58. The van der Waals surface area contributed by atoms with E-state index in [9.17, 15) is 8.42 Å². The molecule has 1 saturated heterocycles. The predicted molar refractivity (Wildman–Crippen MR) is 109 cm³/mol. The topological polar surface area (TPSA) is 104 Å². The molecule has 9 nitrogen and oxygen atoms in total. The van der Waals surface area contributed by atoms with E-state index in [-0.39, 0.29) is 4.90 Å². The highest BCUT2D eigenvalue weighted by Gasteiger charge is 2.30. The molecule has 0 aliphatic carbocycles. The third kappa shape index (κ3) is 4.22. The average Bonchev–Trinajstić information content (AvgIpc) is 3.25. The van der Waals surface area contributed by atoms with Crippen LogP contribution in [0.25, 0.3) is 0 Å². The monoisotopic (exact) mass is 414 g/mol. The van der Waals surface area contributed by atoms with Crippen molar-refractivity contribution in [3.05, 3.63) is 54.2 Å². The predicted octanol–water partition coefficient (Wildman–Crippen LogP) is 2.34. The highest BCUT2D eigenvalue weighted by molar-refractivity contribution is 7.89. The molecule has 3 aromatic rings. The molecule has 0 atom stereocenters. The largest absolute Gasteiger partial charge is 0.363 e. The van der Waals surface area contributed by atoms with Crippen LogP contribution in [0.15, 0.2) is 52.2 Å². The van der Waals surface area contributed by atoms with E-state index in [1.807, 2.05) is 44.2 Å². The average molecular weight is 414 g/mol. The molecule has 152 valence electrons. The summed E-state index contributed by atoms with van der Waals surface area (Å²) in [4.78, 5) is 11.1. The van der Waals surface area contributed by atoms with Gasteiger partial charge in [0.2, 0.25) is 10.0 Å². The smallest absolute Gasteiger partial charge is 0.248 e. The van der Waals surface area contributed by atoms with Gasteiger partial charge in [0, 0.05) is 37.9 Å². The molecule has 0 amide bonds. The highest BCUT2D eigenvalue weighted by atomic mass is 32.2. The Bertz CT molecular complexity index is 1080. The van der Waals surface area contributed by atoms with Gasteiger partial charge in [-0.05, 0) is 26.0 Å². The first kappa shape index (κ1) is 19.3. The van der Waals surface area contributed by atoms with Crippen LogP contribution in [0.4, 0.5) is 17.3 Å². The number of nitrogens with one attached hydrogen (secondary N) is 1. The number of hydrogen-bond acceptors (Lipinski definition) is 8. The van der Waals surface area contributed by atoms with E-state index < -0.39 is 10.0 Å². The van der Waals surface area contributed by atoms with E-state index in [0.29, 0.717) is 37.8 Å². The quantitative estimate of drug-likeness (QED) is 0.678. The number of hydrogen-bond donors (Lipinski definition) is 1. The van der Waals surface area contributed by atoms with Gasteiger partial charge in [0.25, 0.3) is 0 Å². The third-order valence-electron chi connectivity index (χ3n) is 4.76. The second-order valence-electron chi connectivity index (χ2n) is 6.90. The van der Waals surface area contributed by atoms with Crippen molar-refractivity contribution in [1.29, 1.82) is 0 Å². The molecule has 1 aliphatic rings. The van der Waals surface area contributed by atoms with Crippen molar-refractivity contribution in [3.63, 3.8) is 0 Å². The van der Waals surface area contributed by atoms with Gasteiger partial charge >= 0.3 is 0 Å². The summed E-state index contributed by atoms with van der Waals surface area (Å²) >= 11 is 0. The zero-order chi connectivity index (χ0) is 20.4. The second kappa shape index (κ2) is 7.80. The SMILES string of the molecule is Cc1ccc(Nc2cc(N3CCN(S(=O)(=O)c4cnoc4)CC3)nc(C)n2)cc1. The molecule has 0 spiro atoms. The van der Waals surface area contributed by atoms with E-state index in [4.69, 9.17) is 0 Å². The molecule has 1 N–H and O–H groups in total. The minimum absolute atomic E-state index is 0.0772. The van der Waals surface area contributed by atoms with Crippen LogP contribution in [0.3, 0.4) is 0 Å². The summed E-state index contributed by atoms with van der Waals surface area (Å²) in [6, 6.07) is 9.96. The molecule has 3 heterocycles. The van der Waals surface area contributed by atoms with Gasteiger partial charge in [-0.15, -0.1) is 0 Å². The van der Waals surface area contributed by atoms with Crippen LogP contribution in [0.5, 0.6) is 0 Å². The second-order valence-corrected chi connectivity index (χ2v) is 8.84. The molecule has 0 radical (unpaired) electrons. The number of anilines is 3. The minimum atomic E-state index is -3.58. The molecule has 1 fully saturated rings. The fraction of sp³-hybridized carbons (Fsp3) is 0.316. The van der Waals surface area contributed by atoms with Gasteiger partial charge in [-0.3, -0.25) is 0 Å². The number of sulfonamides is 1. The molecular weight excluding hydrogens is 392 g/mol. The number of rotatable bonds is 5. The summed E-state index contributed by atoms with van der Waals surface area (Å²) in [6.45, 7) is 5.67. The standard InChI is InChI=1S/C19H22N6O3S/c1-14-3-5-16(6-4-14)23-18-11-19(22-15(2)21-18)24-7-9-25(10-8-24)29(26,27)17-12-20-28-13-17/h3-6,11-13H,7-10H2,1-2H3,(H,21,22,23). The van der Waals surface area contributed by atoms with Gasteiger partial charge in [0.1, 0.15) is 28.6 Å². The lowest BCUT2D eigenvalue weighted by Crippen LogP contribution is -2.48. The number of piperazine rings is 1. The van der Waals surface area contributed by atoms with Crippen LogP contribution < -0.4 is 10.2 Å². The van der Waals surface area contributed by atoms with Crippen LogP contribution in [0, 0.1) is 13.8 Å². The zero-order valence-electron chi connectivity index (χ0n) is 16.2. The first-order valence-corrected chi connectivity index (χ1v) is 10.7. The van der Waals surface area contributed by atoms with Gasteiger partial charge in [-0.1, -0.05) is 22.9 Å². The maximum absolute atomic E-state index is 12.6. The number of aryl methyl sites for hydroxylation is 2. The number of benzene rings is 1. The van der Waals surface area contributed by atoms with Crippen molar-refractivity contribution >= 4 is 27.3 Å². The van der Waals surface area contributed by atoms with Crippen molar-refractivity contribution in [2.75, 3.05) is 36.4 Å². The molecule has 29 heavy (non-hydrogen) atoms. The molecule has 2 aromatic heterocycles. The first-order chi connectivity index (χ1) is 13.9. The van der Waals surface area contributed by atoms with Crippen LogP contribution >= 0.6 is 0 Å². The molecule has 0 bridgehead atoms. The Balaban J connectivity index is 1.47.